The number of halogens is 3. The maximum Gasteiger partial charge on any atom is 0.125 e. The van der Waals surface area contributed by atoms with Crippen molar-refractivity contribution in [3.8, 4) is 0 Å². The van der Waals surface area contributed by atoms with Gasteiger partial charge in [0.15, 0.2) is 0 Å². The molecule has 1 unspecified atom stereocenters. The van der Waals surface area contributed by atoms with Crippen molar-refractivity contribution < 1.29 is 4.39 Å². The van der Waals surface area contributed by atoms with E-state index in [-0.39, 0.29) is 11.9 Å². The summed E-state index contributed by atoms with van der Waals surface area (Å²) < 4.78 is 13.9. The lowest BCUT2D eigenvalue weighted by Gasteiger charge is -2.20. The molecule has 0 bridgehead atoms. The summed E-state index contributed by atoms with van der Waals surface area (Å²) in [5.41, 5.74) is 0.772. The Labute approximate surface area is 128 Å². The summed E-state index contributed by atoms with van der Waals surface area (Å²) in [6.45, 7) is 0. The second-order valence-corrected chi connectivity index (χ2v) is 6.96. The summed E-state index contributed by atoms with van der Waals surface area (Å²) in [5.74, 6) is 0.313. The molecule has 5 heteroatoms. The molecule has 0 aliphatic heterocycles. The van der Waals surface area contributed by atoms with Gasteiger partial charge in [0.1, 0.15) is 5.82 Å². The first kappa shape index (κ1) is 13.4. The van der Waals surface area contributed by atoms with Crippen molar-refractivity contribution in [2.45, 2.75) is 18.9 Å². The van der Waals surface area contributed by atoms with E-state index in [9.17, 15) is 4.39 Å². The Morgan fingerprint density at radius 3 is 2.79 bits per heavy atom. The van der Waals surface area contributed by atoms with Gasteiger partial charge in [0, 0.05) is 9.35 Å². The Bertz CT molecular complexity index is 560. The second-order valence-electron chi connectivity index (χ2n) is 4.72. The minimum Gasteiger partial charge on any atom is -0.375 e. The highest BCUT2D eigenvalue weighted by molar-refractivity contribution is 9.10. The third-order valence-corrected chi connectivity index (χ3v) is 5.13. The van der Waals surface area contributed by atoms with Crippen molar-refractivity contribution in [3.05, 3.63) is 49.8 Å². The summed E-state index contributed by atoms with van der Waals surface area (Å²) in [6.07, 6.45) is 2.46. The van der Waals surface area contributed by atoms with Gasteiger partial charge in [0.05, 0.1) is 16.8 Å². The molecule has 0 saturated heterocycles. The highest BCUT2D eigenvalue weighted by Crippen LogP contribution is 2.46. The van der Waals surface area contributed by atoms with Gasteiger partial charge < -0.3 is 5.32 Å². The van der Waals surface area contributed by atoms with E-state index in [1.54, 1.807) is 11.3 Å². The number of hydrogen-bond donors (Lipinski definition) is 1. The third kappa shape index (κ3) is 2.96. The summed E-state index contributed by atoms with van der Waals surface area (Å²) in [4.78, 5) is 1.30. The first-order valence-electron chi connectivity index (χ1n) is 6.09. The number of nitrogens with one attached hydrogen (secondary N) is 1. The van der Waals surface area contributed by atoms with Crippen LogP contribution in [0.15, 0.2) is 34.1 Å². The van der Waals surface area contributed by atoms with Gasteiger partial charge in [0.2, 0.25) is 0 Å². The topological polar surface area (TPSA) is 12.0 Å². The minimum absolute atomic E-state index is 0.263. The third-order valence-electron chi connectivity index (χ3n) is 3.25. The molecular formula is C14H12BrClFNS. The molecule has 1 aromatic carbocycles. The van der Waals surface area contributed by atoms with Crippen LogP contribution >= 0.6 is 38.9 Å². The van der Waals surface area contributed by atoms with Crippen LogP contribution in [-0.2, 0) is 0 Å². The summed E-state index contributed by atoms with van der Waals surface area (Å²) in [7, 11) is 0. The normalized spacial score (nSPS) is 16.4. The Morgan fingerprint density at radius 2 is 2.21 bits per heavy atom. The standard InChI is InChI=1S/C14H12BrClFNS/c15-10-6-9(17)7-11(16)14(10)18-13(8-3-4-8)12-2-1-5-19-12/h1-2,5-8,13,18H,3-4H2. The molecule has 1 aliphatic rings. The van der Waals surface area contributed by atoms with E-state index in [4.69, 9.17) is 11.6 Å². The SMILES string of the molecule is Fc1cc(Cl)c(NC(c2cccs2)C2CC2)c(Br)c1. The van der Waals surface area contributed by atoms with Crippen LogP contribution in [0.1, 0.15) is 23.8 Å². The summed E-state index contributed by atoms with van der Waals surface area (Å²) >= 11 is 11.3. The second kappa shape index (κ2) is 5.43. The van der Waals surface area contributed by atoms with Gasteiger partial charge in [-0.1, -0.05) is 17.7 Å². The molecule has 1 N–H and O–H groups in total. The maximum absolute atomic E-state index is 13.2. The average Bonchev–Trinajstić information content (AvgIpc) is 3.03. The molecule has 1 aromatic heterocycles. The van der Waals surface area contributed by atoms with Crippen molar-refractivity contribution >= 4 is 44.6 Å². The van der Waals surface area contributed by atoms with E-state index in [0.717, 1.165) is 5.69 Å². The number of benzene rings is 1. The smallest absolute Gasteiger partial charge is 0.125 e. The van der Waals surface area contributed by atoms with Crippen molar-refractivity contribution in [1.82, 2.24) is 0 Å². The molecule has 1 atom stereocenters. The molecule has 1 heterocycles. The molecule has 2 aromatic rings. The molecule has 0 amide bonds. The fourth-order valence-electron chi connectivity index (χ4n) is 2.15. The number of rotatable bonds is 4. The lowest BCUT2D eigenvalue weighted by atomic mass is 10.1. The fourth-order valence-corrected chi connectivity index (χ4v) is 3.95. The molecule has 0 spiro atoms. The minimum atomic E-state index is -0.332. The Balaban J connectivity index is 1.91. The molecule has 3 rings (SSSR count). The number of hydrogen-bond acceptors (Lipinski definition) is 2. The predicted molar refractivity (Wildman–Crippen MR) is 82.5 cm³/mol. The van der Waals surface area contributed by atoms with Gasteiger partial charge in [-0.25, -0.2) is 4.39 Å². The predicted octanol–water partition coefficient (Wildman–Crippen LogP) is 5.87. The number of thiophene rings is 1. The highest BCUT2D eigenvalue weighted by Gasteiger charge is 2.33. The highest BCUT2D eigenvalue weighted by atomic mass is 79.9. The summed E-state index contributed by atoms with van der Waals surface area (Å²) in [6, 6.07) is 7.23. The van der Waals surface area contributed by atoms with Gasteiger partial charge in [-0.15, -0.1) is 11.3 Å². The van der Waals surface area contributed by atoms with Crippen LogP contribution in [0.3, 0.4) is 0 Å². The molecule has 1 saturated carbocycles. The quantitative estimate of drug-likeness (QED) is 0.719. The monoisotopic (exact) mass is 359 g/mol. The van der Waals surface area contributed by atoms with Crippen LogP contribution in [0.4, 0.5) is 10.1 Å². The van der Waals surface area contributed by atoms with Gasteiger partial charge in [-0.3, -0.25) is 0 Å². The Morgan fingerprint density at radius 1 is 1.42 bits per heavy atom. The van der Waals surface area contributed by atoms with E-state index in [0.29, 0.717) is 15.4 Å². The van der Waals surface area contributed by atoms with Crippen molar-refractivity contribution in [2.75, 3.05) is 5.32 Å². The van der Waals surface area contributed by atoms with Crippen LogP contribution in [0.25, 0.3) is 0 Å². The van der Waals surface area contributed by atoms with Gasteiger partial charge in [-0.2, -0.15) is 0 Å². The van der Waals surface area contributed by atoms with Crippen LogP contribution in [-0.4, -0.2) is 0 Å². The Kier molecular flexibility index (Phi) is 3.83. The largest absolute Gasteiger partial charge is 0.375 e. The van der Waals surface area contributed by atoms with Crippen molar-refractivity contribution in [1.29, 1.82) is 0 Å². The van der Waals surface area contributed by atoms with Crippen LogP contribution < -0.4 is 5.32 Å². The lowest BCUT2D eigenvalue weighted by molar-refractivity contribution is 0.626. The van der Waals surface area contributed by atoms with Crippen LogP contribution in [0.5, 0.6) is 0 Å². The number of anilines is 1. The first-order chi connectivity index (χ1) is 9.15. The molecule has 1 aliphatic carbocycles. The molecule has 1 nitrogen and oxygen atoms in total. The van der Waals surface area contributed by atoms with E-state index in [1.165, 1.54) is 29.9 Å². The fraction of sp³-hybridized carbons (Fsp3) is 0.286. The molecule has 0 radical (unpaired) electrons. The maximum atomic E-state index is 13.2. The average molecular weight is 361 g/mol. The van der Waals surface area contributed by atoms with Gasteiger partial charge in [0.25, 0.3) is 0 Å². The van der Waals surface area contributed by atoms with E-state index in [2.05, 4.69) is 38.8 Å². The zero-order valence-electron chi connectivity index (χ0n) is 10.00. The van der Waals surface area contributed by atoms with Gasteiger partial charge in [-0.05, 0) is 58.3 Å². The lowest BCUT2D eigenvalue weighted by Crippen LogP contribution is -2.12. The van der Waals surface area contributed by atoms with Crippen molar-refractivity contribution in [2.24, 2.45) is 5.92 Å². The molecule has 1 fully saturated rings. The Hall–Kier alpha value is -0.580. The van der Waals surface area contributed by atoms with Gasteiger partial charge >= 0.3 is 0 Å². The van der Waals surface area contributed by atoms with E-state index >= 15 is 0 Å². The van der Waals surface area contributed by atoms with Crippen LogP contribution in [0, 0.1) is 11.7 Å². The van der Waals surface area contributed by atoms with E-state index < -0.39 is 0 Å². The first-order valence-corrected chi connectivity index (χ1v) is 8.14. The zero-order valence-corrected chi connectivity index (χ0v) is 13.2. The van der Waals surface area contributed by atoms with Crippen LogP contribution in [0.2, 0.25) is 5.02 Å². The molecular weight excluding hydrogens is 349 g/mol. The molecule has 100 valence electrons. The molecule has 19 heavy (non-hydrogen) atoms. The van der Waals surface area contributed by atoms with E-state index in [1.807, 2.05) is 0 Å². The summed E-state index contributed by atoms with van der Waals surface area (Å²) in [5, 5.41) is 5.96. The van der Waals surface area contributed by atoms with Crippen molar-refractivity contribution in [3.63, 3.8) is 0 Å². The zero-order chi connectivity index (χ0) is 13.4.